The van der Waals surface area contributed by atoms with Crippen molar-refractivity contribution in [3.63, 3.8) is 0 Å². The Labute approximate surface area is 175 Å². The van der Waals surface area contributed by atoms with Crippen molar-refractivity contribution < 1.29 is 75.4 Å². The third-order valence-electron chi connectivity index (χ3n) is 4.33. The number of alkyl halides is 15. The Morgan fingerprint density at radius 2 is 1.00 bits per heavy atom. The molecule has 0 fully saturated rings. The number of carbonyl (C=O) groups excluding carboxylic acids is 1. The second-order valence-electron chi connectivity index (χ2n) is 6.46. The van der Waals surface area contributed by atoms with Crippen molar-refractivity contribution in [1.82, 2.24) is 4.90 Å². The van der Waals surface area contributed by atoms with Crippen LogP contribution in [0.2, 0.25) is 0 Å². The zero-order chi connectivity index (χ0) is 26.9. The summed E-state index contributed by atoms with van der Waals surface area (Å²) in [7, 11) is 0. The molecule has 0 atom stereocenters. The number of hydrogen-bond acceptors (Lipinski definition) is 3. The van der Waals surface area contributed by atoms with Crippen LogP contribution in [0.5, 0.6) is 0 Å². The van der Waals surface area contributed by atoms with E-state index >= 15 is 0 Å². The van der Waals surface area contributed by atoms with Gasteiger partial charge in [0.2, 0.25) is 0 Å². The molecule has 0 rings (SSSR count). The number of nitrogens with zero attached hydrogens (tertiary/aromatic N) is 1. The molecule has 198 valence electrons. The summed E-state index contributed by atoms with van der Waals surface area (Å²) in [5.74, 6) is -51.7. The van der Waals surface area contributed by atoms with E-state index in [-0.39, 0.29) is 13.0 Å². The lowest BCUT2D eigenvalue weighted by Crippen LogP contribution is -2.73. The molecule has 0 aromatic rings. The van der Waals surface area contributed by atoms with E-state index < -0.39 is 54.3 Å². The van der Waals surface area contributed by atoms with Crippen molar-refractivity contribution >= 4 is 5.97 Å². The van der Waals surface area contributed by atoms with Crippen LogP contribution in [0.15, 0.2) is 0 Å². The highest BCUT2D eigenvalue weighted by molar-refractivity contribution is 5.79. The van der Waals surface area contributed by atoms with E-state index in [0.29, 0.717) is 13.1 Å². The first kappa shape index (κ1) is 31.4. The minimum atomic E-state index is -8.44. The Kier molecular flexibility index (Phi) is 9.09. The third kappa shape index (κ3) is 5.08. The largest absolute Gasteiger partial charge is 0.461 e. The Balaban J connectivity index is 5.96. The van der Waals surface area contributed by atoms with E-state index in [4.69, 9.17) is 0 Å². The van der Waals surface area contributed by atoms with Gasteiger partial charge in [-0.25, -0.2) is 4.79 Å². The molecule has 3 nitrogen and oxygen atoms in total. The normalized spacial score (nSPS) is 15.2. The molecule has 0 aliphatic rings. The van der Waals surface area contributed by atoms with Crippen LogP contribution >= 0.6 is 0 Å². The first-order chi connectivity index (χ1) is 14.4. The maximum absolute atomic E-state index is 13.6. The predicted octanol–water partition coefficient (Wildman–Crippen LogP) is 5.64. The topological polar surface area (TPSA) is 29.5 Å². The summed E-state index contributed by atoms with van der Waals surface area (Å²) in [6.07, 6.45) is -8.06. The number of esters is 1. The lowest BCUT2D eigenvalue weighted by molar-refractivity contribution is -0.450. The highest BCUT2D eigenvalue weighted by Crippen LogP contribution is 2.62. The first-order valence-corrected chi connectivity index (χ1v) is 8.64. The number of ether oxygens (including phenoxy) is 1. The van der Waals surface area contributed by atoms with E-state index in [1.165, 1.54) is 0 Å². The summed E-state index contributed by atoms with van der Waals surface area (Å²) in [4.78, 5) is 12.7. The minimum Gasteiger partial charge on any atom is -0.461 e. The van der Waals surface area contributed by atoms with Gasteiger partial charge in [-0.1, -0.05) is 13.8 Å². The molecule has 0 aliphatic heterocycles. The Hall–Kier alpha value is -1.62. The van der Waals surface area contributed by atoms with Gasteiger partial charge in [-0.2, -0.15) is 65.9 Å². The molecular formula is C15H16F15NO2. The quantitative estimate of drug-likeness (QED) is 0.187. The van der Waals surface area contributed by atoms with Crippen LogP contribution in [0, 0.1) is 0 Å². The van der Waals surface area contributed by atoms with Crippen molar-refractivity contribution in [1.29, 1.82) is 0 Å². The Morgan fingerprint density at radius 1 is 0.636 bits per heavy atom. The lowest BCUT2D eigenvalue weighted by atomic mass is 9.91. The molecule has 18 heteroatoms. The monoisotopic (exact) mass is 527 g/mol. The molecule has 33 heavy (non-hydrogen) atoms. The SMILES string of the molecule is CCN(CC)CCCOC(=O)C(F)(F)C(F)(F)C(F)(F)C(F)(F)C(F)(F)C(F)(F)C(F)(F)F. The average Bonchev–Trinajstić information content (AvgIpc) is 2.66. The van der Waals surface area contributed by atoms with E-state index in [0.717, 1.165) is 0 Å². The van der Waals surface area contributed by atoms with Crippen molar-refractivity contribution in [2.75, 3.05) is 26.2 Å². The second-order valence-corrected chi connectivity index (χ2v) is 6.46. The standard InChI is InChI=1S/C15H16F15NO2/c1-3-31(4-2)6-5-7-33-8(32)9(16,17)10(18,19)11(20,21)12(22,23)13(24,25)14(26,27)15(28,29)30/h3-7H2,1-2H3. The molecule has 0 N–H and O–H groups in total. The molecule has 0 radical (unpaired) electrons. The van der Waals surface area contributed by atoms with Crippen LogP contribution in [0.4, 0.5) is 65.9 Å². The summed E-state index contributed by atoms with van der Waals surface area (Å²) in [6.45, 7) is 2.78. The summed E-state index contributed by atoms with van der Waals surface area (Å²) >= 11 is 0. The summed E-state index contributed by atoms with van der Waals surface area (Å²) < 4.78 is 199. The molecule has 0 spiro atoms. The summed E-state index contributed by atoms with van der Waals surface area (Å²) in [5.41, 5.74) is 0. The smallest absolute Gasteiger partial charge is 0.460 e. The minimum absolute atomic E-state index is 0.0186. The molecule has 0 heterocycles. The van der Waals surface area contributed by atoms with E-state index in [1.807, 2.05) is 0 Å². The van der Waals surface area contributed by atoms with Gasteiger partial charge in [-0.05, 0) is 19.5 Å². The van der Waals surface area contributed by atoms with Gasteiger partial charge in [0, 0.05) is 6.54 Å². The van der Waals surface area contributed by atoms with Gasteiger partial charge in [-0.15, -0.1) is 0 Å². The predicted molar refractivity (Wildman–Crippen MR) is 79.1 cm³/mol. The zero-order valence-corrected chi connectivity index (χ0v) is 16.5. The highest BCUT2D eigenvalue weighted by atomic mass is 19.4. The Bertz CT molecular complexity index is 671. The molecule has 0 saturated heterocycles. The van der Waals surface area contributed by atoms with Crippen LogP contribution in [0.1, 0.15) is 20.3 Å². The Morgan fingerprint density at radius 3 is 1.36 bits per heavy atom. The van der Waals surface area contributed by atoms with Crippen molar-refractivity contribution in [2.24, 2.45) is 0 Å². The summed E-state index contributed by atoms with van der Waals surface area (Å²) in [6, 6.07) is 0. The van der Waals surface area contributed by atoms with Gasteiger partial charge >= 0.3 is 47.7 Å². The second kappa shape index (κ2) is 9.56. The van der Waals surface area contributed by atoms with Crippen LogP contribution in [0.3, 0.4) is 0 Å². The van der Waals surface area contributed by atoms with Crippen molar-refractivity contribution in [3.8, 4) is 0 Å². The molecule has 0 unspecified atom stereocenters. The average molecular weight is 527 g/mol. The number of hydrogen-bond donors (Lipinski definition) is 0. The molecule has 0 aromatic carbocycles. The van der Waals surface area contributed by atoms with Crippen LogP contribution in [-0.4, -0.2) is 78.8 Å². The fraction of sp³-hybridized carbons (Fsp3) is 0.933. The van der Waals surface area contributed by atoms with Crippen LogP contribution in [-0.2, 0) is 9.53 Å². The van der Waals surface area contributed by atoms with Gasteiger partial charge in [0.15, 0.2) is 0 Å². The van der Waals surface area contributed by atoms with Crippen molar-refractivity contribution in [2.45, 2.75) is 62.0 Å². The fourth-order valence-electron chi connectivity index (χ4n) is 2.18. The highest BCUT2D eigenvalue weighted by Gasteiger charge is 2.94. The lowest BCUT2D eigenvalue weighted by Gasteiger charge is -2.40. The van der Waals surface area contributed by atoms with E-state index in [2.05, 4.69) is 4.74 Å². The van der Waals surface area contributed by atoms with E-state index in [9.17, 15) is 70.7 Å². The van der Waals surface area contributed by atoms with E-state index in [1.54, 1.807) is 18.7 Å². The number of rotatable bonds is 12. The number of carbonyl (C=O) groups is 1. The maximum Gasteiger partial charge on any atom is 0.460 e. The maximum atomic E-state index is 13.6. The van der Waals surface area contributed by atoms with Crippen LogP contribution < -0.4 is 0 Å². The molecule has 0 amide bonds. The number of halogens is 15. The van der Waals surface area contributed by atoms with Gasteiger partial charge in [0.1, 0.15) is 0 Å². The molecule has 0 aromatic heterocycles. The molecular weight excluding hydrogens is 511 g/mol. The van der Waals surface area contributed by atoms with Gasteiger partial charge in [0.05, 0.1) is 6.61 Å². The van der Waals surface area contributed by atoms with Gasteiger partial charge in [-0.3, -0.25) is 0 Å². The molecule has 0 aliphatic carbocycles. The van der Waals surface area contributed by atoms with Crippen LogP contribution in [0.25, 0.3) is 0 Å². The van der Waals surface area contributed by atoms with Crippen molar-refractivity contribution in [3.05, 3.63) is 0 Å². The first-order valence-electron chi connectivity index (χ1n) is 8.64. The summed E-state index contributed by atoms with van der Waals surface area (Å²) in [5, 5.41) is 0. The van der Waals surface area contributed by atoms with Gasteiger partial charge < -0.3 is 9.64 Å². The fourth-order valence-corrected chi connectivity index (χ4v) is 2.18. The van der Waals surface area contributed by atoms with Gasteiger partial charge in [0.25, 0.3) is 0 Å². The third-order valence-corrected chi connectivity index (χ3v) is 4.33. The molecule has 0 saturated carbocycles. The zero-order valence-electron chi connectivity index (χ0n) is 16.5. The molecule has 0 bridgehead atoms.